The monoisotopic (exact) mass is 414 g/mol. The number of carbonyl (C=O) groups excluding carboxylic acids is 2. The van der Waals surface area contributed by atoms with Crippen LogP contribution >= 0.6 is 11.6 Å². The Morgan fingerprint density at radius 3 is 2.48 bits per heavy atom. The van der Waals surface area contributed by atoms with E-state index in [2.05, 4.69) is 12.2 Å². The van der Waals surface area contributed by atoms with Gasteiger partial charge in [-0.2, -0.15) is 0 Å². The predicted molar refractivity (Wildman–Crippen MR) is 119 cm³/mol. The van der Waals surface area contributed by atoms with Crippen molar-refractivity contribution in [2.75, 3.05) is 6.54 Å². The van der Waals surface area contributed by atoms with Crippen LogP contribution in [0.1, 0.15) is 48.9 Å². The highest BCUT2D eigenvalue weighted by molar-refractivity contribution is 6.31. The Morgan fingerprint density at radius 1 is 1.10 bits per heavy atom. The molecule has 0 fully saturated rings. The molecule has 29 heavy (non-hydrogen) atoms. The molecule has 4 nitrogen and oxygen atoms in total. The van der Waals surface area contributed by atoms with Gasteiger partial charge in [-0.15, -0.1) is 0 Å². The molecule has 0 saturated carbocycles. The van der Waals surface area contributed by atoms with Crippen LogP contribution in [0.25, 0.3) is 0 Å². The van der Waals surface area contributed by atoms with E-state index < -0.39 is 6.04 Å². The first kappa shape index (κ1) is 23.0. The number of hydrogen-bond donors (Lipinski definition) is 1. The van der Waals surface area contributed by atoms with Crippen LogP contribution in [0.3, 0.4) is 0 Å². The third-order valence-electron chi connectivity index (χ3n) is 5.22. The van der Waals surface area contributed by atoms with E-state index in [1.165, 1.54) is 5.56 Å². The molecule has 0 bridgehead atoms. The van der Waals surface area contributed by atoms with Gasteiger partial charge in [0.15, 0.2) is 0 Å². The molecule has 0 aromatic heterocycles. The van der Waals surface area contributed by atoms with Crippen LogP contribution in [-0.2, 0) is 22.6 Å². The van der Waals surface area contributed by atoms with E-state index in [0.717, 1.165) is 29.5 Å². The number of nitrogens with zero attached hydrogens (tertiary/aromatic N) is 1. The van der Waals surface area contributed by atoms with E-state index in [1.807, 2.05) is 50.2 Å². The van der Waals surface area contributed by atoms with Gasteiger partial charge in [0.25, 0.3) is 0 Å². The fourth-order valence-electron chi connectivity index (χ4n) is 3.12. The summed E-state index contributed by atoms with van der Waals surface area (Å²) < 4.78 is 0. The Kier molecular flexibility index (Phi) is 8.71. The van der Waals surface area contributed by atoms with Gasteiger partial charge >= 0.3 is 0 Å². The molecule has 2 aromatic carbocycles. The third-order valence-corrected chi connectivity index (χ3v) is 5.59. The highest BCUT2D eigenvalue weighted by atomic mass is 35.5. The van der Waals surface area contributed by atoms with E-state index in [4.69, 9.17) is 11.6 Å². The number of benzene rings is 2. The van der Waals surface area contributed by atoms with Gasteiger partial charge < -0.3 is 10.2 Å². The Balaban J connectivity index is 2.22. The number of aryl methyl sites for hydroxylation is 2. The normalized spacial score (nSPS) is 11.8. The molecule has 2 rings (SSSR count). The summed E-state index contributed by atoms with van der Waals surface area (Å²) >= 11 is 6.32. The van der Waals surface area contributed by atoms with Gasteiger partial charge in [0.2, 0.25) is 11.8 Å². The van der Waals surface area contributed by atoms with Crippen LogP contribution in [0.4, 0.5) is 0 Å². The SMILES string of the molecule is CCCCNC(=O)[C@H](C)N(Cc1ccccc1Cl)C(=O)Cc1ccc(C)c(C)c1. The number of rotatable bonds is 9. The minimum absolute atomic E-state index is 0.0914. The molecule has 156 valence electrons. The number of carbonyl (C=O) groups is 2. The molecule has 0 heterocycles. The van der Waals surface area contributed by atoms with Crippen LogP contribution in [0, 0.1) is 13.8 Å². The number of nitrogens with one attached hydrogen (secondary N) is 1. The Morgan fingerprint density at radius 2 is 1.83 bits per heavy atom. The zero-order chi connectivity index (χ0) is 21.4. The van der Waals surface area contributed by atoms with Crippen LogP contribution in [0.2, 0.25) is 5.02 Å². The van der Waals surface area contributed by atoms with Crippen molar-refractivity contribution in [2.24, 2.45) is 0 Å². The standard InChI is InChI=1S/C24H31ClN2O2/c1-5-6-13-26-24(29)19(4)27(16-21-9-7-8-10-22(21)25)23(28)15-20-12-11-17(2)18(3)14-20/h7-12,14,19H,5-6,13,15-16H2,1-4H3,(H,26,29)/t19-/m0/s1. The first-order chi connectivity index (χ1) is 13.8. The second kappa shape index (κ2) is 11.0. The second-order valence-electron chi connectivity index (χ2n) is 7.53. The molecular weight excluding hydrogens is 384 g/mol. The maximum Gasteiger partial charge on any atom is 0.242 e. The van der Waals surface area contributed by atoms with E-state index >= 15 is 0 Å². The lowest BCUT2D eigenvalue weighted by Gasteiger charge is -2.29. The lowest BCUT2D eigenvalue weighted by atomic mass is 10.0. The molecule has 1 atom stereocenters. The molecule has 5 heteroatoms. The van der Waals surface area contributed by atoms with Gasteiger partial charge in [-0.3, -0.25) is 9.59 Å². The zero-order valence-corrected chi connectivity index (χ0v) is 18.6. The first-order valence-corrected chi connectivity index (χ1v) is 10.6. The maximum atomic E-state index is 13.2. The molecule has 0 unspecified atom stereocenters. The van der Waals surface area contributed by atoms with Crippen LogP contribution in [0.5, 0.6) is 0 Å². The van der Waals surface area contributed by atoms with E-state index in [9.17, 15) is 9.59 Å². The van der Waals surface area contributed by atoms with Gasteiger partial charge in [0, 0.05) is 18.1 Å². The topological polar surface area (TPSA) is 49.4 Å². The van der Waals surface area contributed by atoms with Crippen molar-refractivity contribution in [1.29, 1.82) is 0 Å². The summed E-state index contributed by atoms with van der Waals surface area (Å²) in [6, 6.07) is 12.9. The van der Waals surface area contributed by atoms with Crippen molar-refractivity contribution in [3.63, 3.8) is 0 Å². The van der Waals surface area contributed by atoms with E-state index in [1.54, 1.807) is 17.9 Å². The average Bonchev–Trinajstić information content (AvgIpc) is 2.69. The first-order valence-electron chi connectivity index (χ1n) is 10.2. The summed E-state index contributed by atoms with van der Waals surface area (Å²) in [6.07, 6.45) is 2.17. The summed E-state index contributed by atoms with van der Waals surface area (Å²) in [5.74, 6) is -0.231. The molecule has 0 aliphatic heterocycles. The molecule has 2 aromatic rings. The number of amides is 2. The summed E-state index contributed by atoms with van der Waals surface area (Å²) in [5, 5.41) is 3.53. The summed E-state index contributed by atoms with van der Waals surface area (Å²) in [4.78, 5) is 27.5. The fourth-order valence-corrected chi connectivity index (χ4v) is 3.31. The number of halogens is 1. The van der Waals surface area contributed by atoms with Crippen LogP contribution < -0.4 is 5.32 Å². The lowest BCUT2D eigenvalue weighted by Crippen LogP contribution is -2.48. The zero-order valence-electron chi connectivity index (χ0n) is 17.8. The largest absolute Gasteiger partial charge is 0.354 e. The molecule has 0 radical (unpaired) electrons. The minimum atomic E-state index is -0.581. The van der Waals surface area contributed by atoms with Gasteiger partial charge in [0.1, 0.15) is 6.04 Å². The van der Waals surface area contributed by atoms with Gasteiger partial charge in [0.05, 0.1) is 6.42 Å². The van der Waals surface area contributed by atoms with E-state index in [0.29, 0.717) is 18.1 Å². The van der Waals surface area contributed by atoms with E-state index in [-0.39, 0.29) is 18.2 Å². The van der Waals surface area contributed by atoms with Crippen molar-refractivity contribution >= 4 is 23.4 Å². The molecule has 0 saturated heterocycles. The average molecular weight is 415 g/mol. The molecule has 2 amide bonds. The number of hydrogen-bond acceptors (Lipinski definition) is 2. The molecular formula is C24H31ClN2O2. The smallest absolute Gasteiger partial charge is 0.242 e. The minimum Gasteiger partial charge on any atom is -0.354 e. The van der Waals surface area contributed by atoms with Crippen molar-refractivity contribution in [3.8, 4) is 0 Å². The predicted octanol–water partition coefficient (Wildman–Crippen LogP) is 4.83. The molecule has 0 spiro atoms. The molecule has 0 aliphatic carbocycles. The van der Waals surface area contributed by atoms with Crippen molar-refractivity contribution in [1.82, 2.24) is 10.2 Å². The Bertz CT molecular complexity index is 851. The van der Waals surface area contributed by atoms with Crippen molar-refractivity contribution in [3.05, 3.63) is 69.7 Å². The third kappa shape index (κ3) is 6.60. The molecule has 0 aliphatic rings. The van der Waals surface area contributed by atoms with Gasteiger partial charge in [-0.05, 0) is 55.5 Å². The fraction of sp³-hybridized carbons (Fsp3) is 0.417. The van der Waals surface area contributed by atoms with Crippen molar-refractivity contribution in [2.45, 2.75) is 59.5 Å². The van der Waals surface area contributed by atoms with Crippen LogP contribution in [0.15, 0.2) is 42.5 Å². The Labute approximate surface area is 179 Å². The van der Waals surface area contributed by atoms with Gasteiger partial charge in [-0.1, -0.05) is 61.3 Å². The summed E-state index contributed by atoms with van der Waals surface area (Å²) in [7, 11) is 0. The lowest BCUT2D eigenvalue weighted by molar-refractivity contribution is -0.140. The summed E-state index contributed by atoms with van der Waals surface area (Å²) in [5.41, 5.74) is 4.12. The van der Waals surface area contributed by atoms with Crippen molar-refractivity contribution < 1.29 is 9.59 Å². The number of unbranched alkanes of at least 4 members (excludes halogenated alkanes) is 1. The Hall–Kier alpha value is -2.33. The molecule has 1 N–H and O–H groups in total. The maximum absolute atomic E-state index is 13.2. The highest BCUT2D eigenvalue weighted by Gasteiger charge is 2.26. The highest BCUT2D eigenvalue weighted by Crippen LogP contribution is 2.20. The summed E-state index contributed by atoms with van der Waals surface area (Å²) in [6.45, 7) is 8.85. The second-order valence-corrected chi connectivity index (χ2v) is 7.94. The van der Waals surface area contributed by atoms with Gasteiger partial charge in [-0.25, -0.2) is 0 Å². The van der Waals surface area contributed by atoms with Crippen LogP contribution in [-0.4, -0.2) is 29.3 Å². The quantitative estimate of drug-likeness (QED) is 0.597.